The van der Waals surface area contributed by atoms with Crippen molar-refractivity contribution in [1.82, 2.24) is 4.98 Å². The van der Waals surface area contributed by atoms with Crippen molar-refractivity contribution in [2.45, 2.75) is 12.8 Å². The maximum absolute atomic E-state index is 11.4. The van der Waals surface area contributed by atoms with Crippen LogP contribution in [0.5, 0.6) is 11.5 Å². The van der Waals surface area contributed by atoms with Crippen LogP contribution in [0.4, 0.5) is 0 Å². The highest BCUT2D eigenvalue weighted by Gasteiger charge is 2.14. The minimum absolute atomic E-state index is 0.0851. The molecule has 6 heteroatoms. The third-order valence-electron chi connectivity index (χ3n) is 4.45. The van der Waals surface area contributed by atoms with Gasteiger partial charge in [-0.3, -0.25) is 4.98 Å². The molecule has 6 nitrogen and oxygen atoms in total. The van der Waals surface area contributed by atoms with E-state index in [1.165, 1.54) is 12.3 Å². The number of carboxylic acid groups (broad SMARTS) is 1. The second-order valence-electron chi connectivity index (χ2n) is 6.29. The van der Waals surface area contributed by atoms with Gasteiger partial charge < -0.3 is 14.6 Å². The van der Waals surface area contributed by atoms with Gasteiger partial charge in [-0.2, -0.15) is 5.26 Å². The number of pyridine rings is 1. The highest BCUT2D eigenvalue weighted by Crippen LogP contribution is 2.28. The lowest BCUT2D eigenvalue weighted by Crippen LogP contribution is -2.03. The molecule has 0 spiro atoms. The maximum atomic E-state index is 11.4. The Morgan fingerprint density at radius 1 is 1.14 bits per heavy atom. The third-order valence-corrected chi connectivity index (χ3v) is 4.45. The molecule has 0 bridgehead atoms. The summed E-state index contributed by atoms with van der Waals surface area (Å²) in [7, 11) is 1.65. The number of aryl methyl sites for hydroxylation is 1. The van der Waals surface area contributed by atoms with Crippen LogP contribution in [0.1, 0.15) is 27.9 Å². The standard InChI is InChI=1S/C23H20N2O4/c1-28-20-9-3-2-6-16(20)7-5-13-29-21-11-10-17(14-18(21)15-24)22-19(23(26)27)8-4-12-25-22/h2-4,6,8-12,14H,5,7,13H2,1H3,(H,26,27). The molecule has 0 radical (unpaired) electrons. The molecule has 0 saturated heterocycles. The highest BCUT2D eigenvalue weighted by molar-refractivity contribution is 5.94. The van der Waals surface area contributed by atoms with Crippen molar-refractivity contribution in [3.8, 4) is 28.8 Å². The molecule has 0 atom stereocenters. The van der Waals surface area contributed by atoms with Gasteiger partial charge in [-0.05, 0) is 54.8 Å². The molecular weight excluding hydrogens is 368 g/mol. The van der Waals surface area contributed by atoms with Crippen LogP contribution in [0.2, 0.25) is 0 Å². The topological polar surface area (TPSA) is 92.4 Å². The van der Waals surface area contributed by atoms with Crippen molar-refractivity contribution in [1.29, 1.82) is 5.26 Å². The monoisotopic (exact) mass is 388 g/mol. The fourth-order valence-electron chi connectivity index (χ4n) is 3.05. The molecule has 1 heterocycles. The fourth-order valence-corrected chi connectivity index (χ4v) is 3.05. The average molecular weight is 388 g/mol. The van der Waals surface area contributed by atoms with Crippen molar-refractivity contribution in [3.05, 3.63) is 77.5 Å². The zero-order valence-corrected chi connectivity index (χ0v) is 16.0. The van der Waals surface area contributed by atoms with E-state index in [0.717, 1.165) is 24.2 Å². The Morgan fingerprint density at radius 2 is 1.97 bits per heavy atom. The van der Waals surface area contributed by atoms with Gasteiger partial charge in [-0.1, -0.05) is 18.2 Å². The van der Waals surface area contributed by atoms with Crippen molar-refractivity contribution < 1.29 is 19.4 Å². The van der Waals surface area contributed by atoms with Gasteiger partial charge in [0.1, 0.15) is 17.6 Å². The number of hydrogen-bond donors (Lipinski definition) is 1. The Balaban J connectivity index is 1.70. The lowest BCUT2D eigenvalue weighted by Gasteiger charge is -2.11. The Labute approximate surface area is 169 Å². The number of carboxylic acids is 1. The van der Waals surface area contributed by atoms with Gasteiger partial charge in [0.25, 0.3) is 0 Å². The highest BCUT2D eigenvalue weighted by atomic mass is 16.5. The van der Waals surface area contributed by atoms with Gasteiger partial charge in [-0.25, -0.2) is 4.79 Å². The molecule has 146 valence electrons. The van der Waals surface area contributed by atoms with Gasteiger partial charge in [0.05, 0.1) is 30.5 Å². The second kappa shape index (κ2) is 9.38. The number of hydrogen-bond acceptors (Lipinski definition) is 5. The Morgan fingerprint density at radius 3 is 2.72 bits per heavy atom. The molecule has 0 aliphatic heterocycles. The molecular formula is C23H20N2O4. The van der Waals surface area contributed by atoms with E-state index in [4.69, 9.17) is 9.47 Å². The van der Waals surface area contributed by atoms with E-state index in [9.17, 15) is 15.2 Å². The zero-order chi connectivity index (χ0) is 20.6. The van der Waals surface area contributed by atoms with Crippen LogP contribution in [0.25, 0.3) is 11.3 Å². The number of benzene rings is 2. The lowest BCUT2D eigenvalue weighted by molar-refractivity contribution is 0.0697. The van der Waals surface area contributed by atoms with Gasteiger partial charge in [0.15, 0.2) is 0 Å². The number of nitrogens with zero attached hydrogens (tertiary/aromatic N) is 2. The Hall–Kier alpha value is -3.85. The molecule has 0 unspecified atom stereocenters. The molecule has 3 aromatic rings. The molecule has 1 aromatic heterocycles. The number of rotatable bonds is 8. The van der Waals surface area contributed by atoms with Crippen LogP contribution in [0, 0.1) is 11.3 Å². The molecule has 2 aromatic carbocycles. The largest absolute Gasteiger partial charge is 0.496 e. The first-order valence-electron chi connectivity index (χ1n) is 9.11. The zero-order valence-electron chi connectivity index (χ0n) is 16.0. The minimum Gasteiger partial charge on any atom is -0.496 e. The summed E-state index contributed by atoms with van der Waals surface area (Å²) in [5, 5.41) is 18.8. The molecule has 0 saturated carbocycles. The van der Waals surface area contributed by atoms with Crippen molar-refractivity contribution in [2.24, 2.45) is 0 Å². The van der Waals surface area contributed by atoms with Crippen LogP contribution in [0.15, 0.2) is 60.8 Å². The first kappa shape index (κ1) is 19.9. The van der Waals surface area contributed by atoms with Crippen molar-refractivity contribution in [3.63, 3.8) is 0 Å². The Kier molecular flexibility index (Phi) is 6.43. The molecule has 0 aliphatic carbocycles. The smallest absolute Gasteiger partial charge is 0.337 e. The van der Waals surface area contributed by atoms with E-state index >= 15 is 0 Å². The summed E-state index contributed by atoms with van der Waals surface area (Å²) in [5.74, 6) is 0.242. The second-order valence-corrected chi connectivity index (χ2v) is 6.29. The van der Waals surface area contributed by atoms with E-state index in [1.54, 1.807) is 31.4 Å². The van der Waals surface area contributed by atoms with E-state index < -0.39 is 5.97 Å². The SMILES string of the molecule is COc1ccccc1CCCOc1ccc(-c2ncccc2C(=O)O)cc1C#N. The molecule has 0 aliphatic rings. The summed E-state index contributed by atoms with van der Waals surface area (Å²) in [6.45, 7) is 0.441. The van der Waals surface area contributed by atoms with Crippen LogP contribution in [-0.4, -0.2) is 29.8 Å². The summed E-state index contributed by atoms with van der Waals surface area (Å²) in [6, 6.07) is 18.0. The van der Waals surface area contributed by atoms with Crippen LogP contribution in [-0.2, 0) is 6.42 Å². The summed E-state index contributed by atoms with van der Waals surface area (Å²) in [5.41, 5.74) is 2.40. The Bertz CT molecular complexity index is 1060. The number of ether oxygens (including phenoxy) is 2. The summed E-state index contributed by atoms with van der Waals surface area (Å²) in [6.07, 6.45) is 3.08. The summed E-state index contributed by atoms with van der Waals surface area (Å²) >= 11 is 0. The third kappa shape index (κ3) is 4.71. The molecule has 3 rings (SSSR count). The summed E-state index contributed by atoms with van der Waals surface area (Å²) in [4.78, 5) is 15.6. The lowest BCUT2D eigenvalue weighted by atomic mass is 10.0. The fraction of sp³-hybridized carbons (Fsp3) is 0.174. The van der Waals surface area contributed by atoms with E-state index in [-0.39, 0.29) is 5.56 Å². The quantitative estimate of drug-likeness (QED) is 0.577. The number of carbonyl (C=O) groups is 1. The van der Waals surface area contributed by atoms with Crippen molar-refractivity contribution in [2.75, 3.05) is 13.7 Å². The first-order valence-corrected chi connectivity index (χ1v) is 9.11. The van der Waals surface area contributed by atoms with Gasteiger partial charge in [0.2, 0.25) is 0 Å². The van der Waals surface area contributed by atoms with Crippen LogP contribution < -0.4 is 9.47 Å². The summed E-state index contributed by atoms with van der Waals surface area (Å²) < 4.78 is 11.1. The molecule has 29 heavy (non-hydrogen) atoms. The van der Waals surface area contributed by atoms with Gasteiger partial charge >= 0.3 is 5.97 Å². The van der Waals surface area contributed by atoms with Crippen molar-refractivity contribution >= 4 is 5.97 Å². The predicted octanol–water partition coefficient (Wildman–Crippen LogP) is 4.34. The number of aromatic nitrogens is 1. The molecule has 0 fully saturated rings. The number of methoxy groups -OCH3 is 1. The van der Waals surface area contributed by atoms with E-state index in [2.05, 4.69) is 11.1 Å². The first-order chi connectivity index (χ1) is 14.1. The van der Waals surface area contributed by atoms with Gasteiger partial charge in [0, 0.05) is 11.8 Å². The van der Waals surface area contributed by atoms with Gasteiger partial charge in [-0.15, -0.1) is 0 Å². The minimum atomic E-state index is -1.07. The molecule has 1 N–H and O–H groups in total. The normalized spacial score (nSPS) is 10.2. The number of nitriles is 1. The predicted molar refractivity (Wildman–Crippen MR) is 108 cm³/mol. The molecule has 0 amide bonds. The number of aromatic carboxylic acids is 1. The van der Waals surface area contributed by atoms with Crippen LogP contribution in [0.3, 0.4) is 0 Å². The van der Waals surface area contributed by atoms with E-state index in [0.29, 0.717) is 29.2 Å². The van der Waals surface area contributed by atoms with E-state index in [1.807, 2.05) is 24.3 Å². The van der Waals surface area contributed by atoms with Crippen LogP contribution >= 0.6 is 0 Å². The average Bonchev–Trinajstić information content (AvgIpc) is 2.77. The number of para-hydroxylation sites is 1. The maximum Gasteiger partial charge on any atom is 0.337 e.